The molecule has 3 rings (SSSR count). The van der Waals surface area contributed by atoms with Gasteiger partial charge in [-0.25, -0.2) is 0 Å². The Hall–Kier alpha value is -2.83. The first-order chi connectivity index (χ1) is 12.6. The molecule has 1 N–H and O–H groups in total. The van der Waals surface area contributed by atoms with Gasteiger partial charge in [0.05, 0.1) is 13.7 Å². The Morgan fingerprint density at radius 3 is 2.85 bits per heavy atom. The molecule has 0 saturated carbocycles. The summed E-state index contributed by atoms with van der Waals surface area (Å²) in [5.41, 5.74) is 1.42. The van der Waals surface area contributed by atoms with Crippen molar-refractivity contribution in [2.45, 2.75) is 13.0 Å². The second-order valence-corrected chi connectivity index (χ2v) is 5.94. The van der Waals surface area contributed by atoms with Crippen LogP contribution in [0, 0.1) is 5.92 Å². The molecule has 1 atom stereocenters. The normalized spacial score (nSPS) is 15.8. The summed E-state index contributed by atoms with van der Waals surface area (Å²) in [7, 11) is 1.33. The van der Waals surface area contributed by atoms with Crippen LogP contribution in [0.15, 0.2) is 42.5 Å². The molecule has 7 heteroatoms. The van der Waals surface area contributed by atoms with Crippen LogP contribution in [0.25, 0.3) is 0 Å². The Morgan fingerprint density at radius 1 is 1.27 bits per heavy atom. The highest BCUT2D eigenvalue weighted by Gasteiger charge is 2.21. The van der Waals surface area contributed by atoms with Crippen molar-refractivity contribution in [1.82, 2.24) is 5.32 Å². The van der Waals surface area contributed by atoms with Gasteiger partial charge in [0.1, 0.15) is 5.75 Å². The zero-order valence-electron chi connectivity index (χ0n) is 14.2. The van der Waals surface area contributed by atoms with Crippen LogP contribution in [0.4, 0.5) is 8.78 Å². The van der Waals surface area contributed by atoms with Gasteiger partial charge >= 0.3 is 6.61 Å². The van der Waals surface area contributed by atoms with E-state index in [1.807, 2.05) is 24.3 Å². The minimum Gasteiger partial charge on any atom is -0.493 e. The highest BCUT2D eigenvalue weighted by atomic mass is 19.3. The van der Waals surface area contributed by atoms with Crippen molar-refractivity contribution in [3.8, 4) is 17.2 Å². The molecule has 5 nitrogen and oxygen atoms in total. The van der Waals surface area contributed by atoms with Gasteiger partial charge in [-0.15, -0.1) is 0 Å². The van der Waals surface area contributed by atoms with Gasteiger partial charge in [-0.3, -0.25) is 4.79 Å². The summed E-state index contributed by atoms with van der Waals surface area (Å²) in [6.45, 7) is -1.98. The number of hydrogen-bond acceptors (Lipinski definition) is 4. The molecular weight excluding hydrogens is 344 g/mol. The number of ether oxygens (including phenoxy) is 3. The van der Waals surface area contributed by atoms with Gasteiger partial charge in [0.25, 0.3) is 5.91 Å². The van der Waals surface area contributed by atoms with Crippen molar-refractivity contribution < 1.29 is 27.8 Å². The monoisotopic (exact) mass is 363 g/mol. The van der Waals surface area contributed by atoms with E-state index in [9.17, 15) is 13.6 Å². The van der Waals surface area contributed by atoms with Crippen LogP contribution < -0.4 is 19.5 Å². The Bertz CT molecular complexity index is 782. The third kappa shape index (κ3) is 4.22. The molecule has 0 saturated heterocycles. The van der Waals surface area contributed by atoms with Gasteiger partial charge < -0.3 is 19.5 Å². The second-order valence-electron chi connectivity index (χ2n) is 5.94. The summed E-state index contributed by atoms with van der Waals surface area (Å²) in [4.78, 5) is 12.3. The number of hydrogen-bond donors (Lipinski definition) is 1. The zero-order valence-corrected chi connectivity index (χ0v) is 14.2. The maximum atomic E-state index is 12.4. The van der Waals surface area contributed by atoms with Gasteiger partial charge in [-0.1, -0.05) is 18.2 Å². The number of rotatable bonds is 6. The van der Waals surface area contributed by atoms with Crippen LogP contribution >= 0.6 is 0 Å². The summed E-state index contributed by atoms with van der Waals surface area (Å²) in [6, 6.07) is 11.9. The highest BCUT2D eigenvalue weighted by molar-refractivity contribution is 5.94. The Morgan fingerprint density at radius 2 is 2.08 bits per heavy atom. The molecule has 26 heavy (non-hydrogen) atoms. The van der Waals surface area contributed by atoms with E-state index in [1.165, 1.54) is 25.3 Å². The van der Waals surface area contributed by atoms with Gasteiger partial charge in [0, 0.05) is 18.0 Å². The van der Waals surface area contributed by atoms with Crippen LogP contribution in [0.1, 0.15) is 15.9 Å². The molecule has 0 fully saturated rings. The molecular formula is C19H19F2NO4. The Kier molecular flexibility index (Phi) is 5.55. The molecule has 1 aliphatic rings. The van der Waals surface area contributed by atoms with Crippen LogP contribution in [0.2, 0.25) is 0 Å². The van der Waals surface area contributed by atoms with E-state index in [1.54, 1.807) is 0 Å². The Balaban J connectivity index is 1.60. The zero-order chi connectivity index (χ0) is 18.5. The van der Waals surface area contributed by atoms with E-state index < -0.39 is 6.61 Å². The molecule has 2 aromatic carbocycles. The van der Waals surface area contributed by atoms with Gasteiger partial charge in [0.15, 0.2) is 11.5 Å². The minimum absolute atomic E-state index is 0.0767. The fourth-order valence-electron chi connectivity index (χ4n) is 2.86. The average Bonchev–Trinajstić information content (AvgIpc) is 2.65. The first-order valence-corrected chi connectivity index (χ1v) is 8.18. The lowest BCUT2D eigenvalue weighted by atomic mass is 9.96. The van der Waals surface area contributed by atoms with Crippen LogP contribution in [-0.4, -0.2) is 32.8 Å². The molecule has 0 bridgehead atoms. The molecule has 0 unspecified atom stereocenters. The summed E-state index contributed by atoms with van der Waals surface area (Å²) in [5.74, 6) is 0.696. The van der Waals surface area contributed by atoms with Crippen molar-refractivity contribution in [1.29, 1.82) is 0 Å². The number of methoxy groups -OCH3 is 1. The molecule has 1 aliphatic heterocycles. The first-order valence-electron chi connectivity index (χ1n) is 8.18. The maximum absolute atomic E-state index is 12.4. The average molecular weight is 363 g/mol. The lowest BCUT2D eigenvalue weighted by Gasteiger charge is -2.25. The summed E-state index contributed by atoms with van der Waals surface area (Å²) in [5, 5.41) is 2.85. The second kappa shape index (κ2) is 8.03. The quantitative estimate of drug-likeness (QED) is 0.856. The number of fused-ring (bicyclic) bond motifs is 1. The third-order valence-corrected chi connectivity index (χ3v) is 4.15. The molecule has 0 aromatic heterocycles. The summed E-state index contributed by atoms with van der Waals surface area (Å²) in [6.07, 6.45) is 0.820. The van der Waals surface area contributed by atoms with Gasteiger partial charge in [0.2, 0.25) is 0 Å². The number of nitrogens with one attached hydrogen (secondary N) is 1. The SMILES string of the molecule is COc1cc(C(=O)NC[C@H]2COc3ccccc3C2)ccc1OC(F)F. The van der Waals surface area contributed by atoms with E-state index in [0.29, 0.717) is 18.7 Å². The first kappa shape index (κ1) is 18.0. The topological polar surface area (TPSA) is 56.8 Å². The summed E-state index contributed by atoms with van der Waals surface area (Å²) >= 11 is 0. The van der Waals surface area contributed by atoms with Crippen molar-refractivity contribution in [3.63, 3.8) is 0 Å². The predicted octanol–water partition coefficient (Wildman–Crippen LogP) is 3.28. The molecule has 0 aliphatic carbocycles. The van der Waals surface area contributed by atoms with Crippen molar-refractivity contribution in [2.75, 3.05) is 20.3 Å². The van der Waals surface area contributed by atoms with E-state index in [4.69, 9.17) is 9.47 Å². The van der Waals surface area contributed by atoms with Crippen molar-refractivity contribution >= 4 is 5.91 Å². The lowest BCUT2D eigenvalue weighted by molar-refractivity contribution is -0.0512. The number of alkyl halides is 2. The smallest absolute Gasteiger partial charge is 0.387 e. The molecule has 0 radical (unpaired) electrons. The van der Waals surface area contributed by atoms with E-state index in [0.717, 1.165) is 17.7 Å². The third-order valence-electron chi connectivity index (χ3n) is 4.15. The van der Waals surface area contributed by atoms with Crippen LogP contribution in [0.3, 0.4) is 0 Å². The largest absolute Gasteiger partial charge is 0.493 e. The molecule has 138 valence electrons. The maximum Gasteiger partial charge on any atom is 0.387 e. The molecule has 0 spiro atoms. The van der Waals surface area contributed by atoms with Gasteiger partial charge in [-0.2, -0.15) is 8.78 Å². The fourth-order valence-corrected chi connectivity index (χ4v) is 2.86. The van der Waals surface area contributed by atoms with Gasteiger partial charge in [-0.05, 0) is 36.2 Å². The van der Waals surface area contributed by atoms with E-state index in [2.05, 4.69) is 10.1 Å². The number of amides is 1. The predicted molar refractivity (Wildman–Crippen MR) is 91.1 cm³/mol. The Labute approximate surface area is 149 Å². The molecule has 1 heterocycles. The van der Waals surface area contributed by atoms with Crippen LogP contribution in [0.5, 0.6) is 17.2 Å². The lowest BCUT2D eigenvalue weighted by Crippen LogP contribution is -2.34. The van der Waals surface area contributed by atoms with Crippen molar-refractivity contribution in [3.05, 3.63) is 53.6 Å². The molecule has 1 amide bonds. The summed E-state index contributed by atoms with van der Waals surface area (Å²) < 4.78 is 39.8. The van der Waals surface area contributed by atoms with E-state index in [-0.39, 0.29) is 23.3 Å². The number of para-hydroxylation sites is 1. The van der Waals surface area contributed by atoms with Crippen LogP contribution in [-0.2, 0) is 6.42 Å². The number of halogens is 2. The van der Waals surface area contributed by atoms with E-state index >= 15 is 0 Å². The molecule has 2 aromatic rings. The standard InChI is InChI=1S/C19H19F2NO4/c1-24-17-9-14(6-7-16(17)26-19(20)21)18(23)22-10-12-8-13-4-2-3-5-15(13)25-11-12/h2-7,9,12,19H,8,10-11H2,1H3,(H,22,23)/t12-/m0/s1. The number of carbonyl (C=O) groups excluding carboxylic acids is 1. The van der Waals surface area contributed by atoms with Crippen molar-refractivity contribution in [2.24, 2.45) is 5.92 Å². The number of carbonyl (C=O) groups is 1. The fraction of sp³-hybridized carbons (Fsp3) is 0.316. The highest BCUT2D eigenvalue weighted by Crippen LogP contribution is 2.30. The number of benzene rings is 2. The minimum atomic E-state index is -2.96.